The van der Waals surface area contributed by atoms with Crippen LogP contribution in [0, 0.1) is 0 Å². The van der Waals surface area contributed by atoms with Crippen molar-refractivity contribution in [1.29, 1.82) is 0 Å². The molecule has 0 fully saturated rings. The van der Waals surface area contributed by atoms with Crippen molar-refractivity contribution in [2.75, 3.05) is 6.61 Å². The minimum absolute atomic E-state index is 0.653. The fraction of sp³-hybridized carbons (Fsp3) is 0.609. The van der Waals surface area contributed by atoms with Crippen molar-refractivity contribution in [3.05, 3.63) is 36.3 Å². The molecule has 2 aromatic heterocycles. The minimum atomic E-state index is 0.653. The Balaban J connectivity index is 1.74. The van der Waals surface area contributed by atoms with E-state index in [1.165, 1.54) is 63.4 Å². The quantitative estimate of drug-likeness (QED) is 0.361. The second kappa shape index (κ2) is 13.2. The lowest BCUT2D eigenvalue weighted by Crippen LogP contribution is -1.99. The predicted octanol–water partition coefficient (Wildman–Crippen LogP) is 6.40. The molecule has 0 N–H and O–H groups in total. The number of aryl methyl sites for hydroxylation is 1. The van der Waals surface area contributed by atoms with Crippen LogP contribution in [0.25, 0.3) is 11.5 Å². The molecule has 4 nitrogen and oxygen atoms in total. The second-order valence-electron chi connectivity index (χ2n) is 7.22. The summed E-state index contributed by atoms with van der Waals surface area (Å²) < 4.78 is 5.72. The van der Waals surface area contributed by atoms with Gasteiger partial charge in [0.25, 0.3) is 0 Å². The summed E-state index contributed by atoms with van der Waals surface area (Å²) in [4.78, 5) is 13.3. The summed E-state index contributed by atoms with van der Waals surface area (Å²) in [5.74, 6) is 1.39. The van der Waals surface area contributed by atoms with Crippen molar-refractivity contribution in [3.8, 4) is 17.3 Å². The van der Waals surface area contributed by atoms with E-state index in [-0.39, 0.29) is 0 Å². The summed E-state index contributed by atoms with van der Waals surface area (Å²) >= 11 is 0. The molecule has 0 amide bonds. The van der Waals surface area contributed by atoms with Gasteiger partial charge in [-0.3, -0.25) is 4.98 Å². The van der Waals surface area contributed by atoms with Crippen LogP contribution in [-0.2, 0) is 6.42 Å². The fourth-order valence-corrected chi connectivity index (χ4v) is 3.06. The molecule has 0 aromatic carbocycles. The highest BCUT2D eigenvalue weighted by molar-refractivity contribution is 5.49. The van der Waals surface area contributed by atoms with Crippen LogP contribution in [0.4, 0.5) is 0 Å². The Labute approximate surface area is 164 Å². The van der Waals surface area contributed by atoms with Gasteiger partial charge in [-0.25, -0.2) is 9.97 Å². The van der Waals surface area contributed by atoms with Gasteiger partial charge in [0.15, 0.2) is 11.6 Å². The molecular formula is C23H35N3O. The topological polar surface area (TPSA) is 47.9 Å². The van der Waals surface area contributed by atoms with Crippen molar-refractivity contribution in [2.24, 2.45) is 0 Å². The Morgan fingerprint density at radius 3 is 2.00 bits per heavy atom. The van der Waals surface area contributed by atoms with Gasteiger partial charge in [0.1, 0.15) is 5.69 Å². The van der Waals surface area contributed by atoms with Crippen LogP contribution in [-0.4, -0.2) is 21.6 Å². The molecule has 0 bridgehead atoms. The highest BCUT2D eigenvalue weighted by Gasteiger charge is 2.04. The molecule has 0 atom stereocenters. The predicted molar refractivity (Wildman–Crippen MR) is 112 cm³/mol. The SMILES string of the molecule is CCCCCCCOc1cnc(-c2ccc(CCCCCCC)cn2)nc1. The van der Waals surface area contributed by atoms with Crippen molar-refractivity contribution < 1.29 is 4.74 Å². The van der Waals surface area contributed by atoms with Crippen LogP contribution in [0.15, 0.2) is 30.7 Å². The molecule has 0 aliphatic carbocycles. The molecule has 4 heteroatoms. The van der Waals surface area contributed by atoms with E-state index in [1.807, 2.05) is 12.3 Å². The Morgan fingerprint density at radius 1 is 0.704 bits per heavy atom. The summed E-state index contributed by atoms with van der Waals surface area (Å²) in [6.45, 7) is 5.21. The van der Waals surface area contributed by atoms with E-state index < -0.39 is 0 Å². The van der Waals surface area contributed by atoms with Crippen LogP contribution in [0.3, 0.4) is 0 Å². The van der Waals surface area contributed by atoms with Gasteiger partial charge in [0.05, 0.1) is 19.0 Å². The zero-order valence-electron chi connectivity index (χ0n) is 17.1. The molecule has 0 spiro atoms. The maximum atomic E-state index is 5.72. The number of unbranched alkanes of at least 4 members (excludes halogenated alkanes) is 8. The monoisotopic (exact) mass is 369 g/mol. The first-order chi connectivity index (χ1) is 13.3. The standard InChI is InChI=1S/C23H35N3O/c1-3-5-7-9-11-13-20-14-15-22(24-17-20)23-25-18-21(19-26-23)27-16-12-10-8-6-4-2/h14-15,17-19H,3-13,16H2,1-2H3. The third-order valence-electron chi connectivity index (χ3n) is 4.77. The first kappa shape index (κ1) is 21.3. The van der Waals surface area contributed by atoms with Crippen LogP contribution in [0.2, 0.25) is 0 Å². The molecule has 2 heterocycles. The van der Waals surface area contributed by atoms with Crippen molar-refractivity contribution in [1.82, 2.24) is 15.0 Å². The highest BCUT2D eigenvalue weighted by atomic mass is 16.5. The lowest BCUT2D eigenvalue weighted by atomic mass is 10.1. The van der Waals surface area contributed by atoms with Gasteiger partial charge in [0, 0.05) is 6.20 Å². The Kier molecular flexibility index (Phi) is 10.5. The summed E-state index contributed by atoms with van der Waals surface area (Å²) in [6.07, 6.45) is 19.2. The lowest BCUT2D eigenvalue weighted by molar-refractivity contribution is 0.302. The number of hydrogen-bond donors (Lipinski definition) is 0. The first-order valence-corrected chi connectivity index (χ1v) is 10.7. The number of nitrogens with zero attached hydrogens (tertiary/aromatic N) is 3. The summed E-state index contributed by atoms with van der Waals surface area (Å²) in [7, 11) is 0. The third kappa shape index (κ3) is 8.51. The zero-order chi connectivity index (χ0) is 19.2. The zero-order valence-corrected chi connectivity index (χ0v) is 17.1. The van der Waals surface area contributed by atoms with E-state index in [0.29, 0.717) is 5.82 Å². The molecule has 0 aliphatic heterocycles. The van der Waals surface area contributed by atoms with E-state index in [1.54, 1.807) is 12.4 Å². The van der Waals surface area contributed by atoms with E-state index in [0.717, 1.165) is 30.9 Å². The van der Waals surface area contributed by atoms with E-state index in [9.17, 15) is 0 Å². The Morgan fingerprint density at radius 2 is 1.37 bits per heavy atom. The molecule has 0 unspecified atom stereocenters. The van der Waals surface area contributed by atoms with Gasteiger partial charge in [-0.15, -0.1) is 0 Å². The van der Waals surface area contributed by atoms with E-state index in [2.05, 4.69) is 34.9 Å². The number of pyridine rings is 1. The minimum Gasteiger partial charge on any atom is -0.490 e. The molecule has 2 rings (SSSR count). The van der Waals surface area contributed by atoms with Crippen molar-refractivity contribution >= 4 is 0 Å². The Bertz CT molecular complexity index is 611. The number of ether oxygens (including phenoxy) is 1. The van der Waals surface area contributed by atoms with Crippen molar-refractivity contribution in [3.63, 3.8) is 0 Å². The first-order valence-electron chi connectivity index (χ1n) is 10.7. The smallest absolute Gasteiger partial charge is 0.178 e. The van der Waals surface area contributed by atoms with Gasteiger partial charge in [-0.1, -0.05) is 71.3 Å². The molecule has 0 saturated heterocycles. The maximum Gasteiger partial charge on any atom is 0.178 e. The number of hydrogen-bond acceptors (Lipinski definition) is 4. The Hall–Kier alpha value is -1.97. The molecule has 2 aromatic rings. The average molecular weight is 370 g/mol. The largest absolute Gasteiger partial charge is 0.490 e. The fourth-order valence-electron chi connectivity index (χ4n) is 3.06. The van der Waals surface area contributed by atoms with E-state index in [4.69, 9.17) is 4.74 Å². The van der Waals surface area contributed by atoms with Crippen molar-refractivity contribution in [2.45, 2.75) is 84.5 Å². The molecular weight excluding hydrogens is 334 g/mol. The molecule has 0 saturated carbocycles. The third-order valence-corrected chi connectivity index (χ3v) is 4.77. The van der Waals surface area contributed by atoms with Crippen LogP contribution >= 0.6 is 0 Å². The normalized spacial score (nSPS) is 10.9. The second-order valence-corrected chi connectivity index (χ2v) is 7.22. The van der Waals surface area contributed by atoms with Crippen LogP contribution < -0.4 is 4.74 Å². The van der Waals surface area contributed by atoms with Gasteiger partial charge in [-0.05, 0) is 30.9 Å². The van der Waals surface area contributed by atoms with Gasteiger partial charge < -0.3 is 4.74 Å². The van der Waals surface area contributed by atoms with Crippen LogP contribution in [0.1, 0.15) is 83.6 Å². The van der Waals surface area contributed by atoms with E-state index >= 15 is 0 Å². The summed E-state index contributed by atoms with van der Waals surface area (Å²) in [6, 6.07) is 4.16. The maximum absolute atomic E-state index is 5.72. The number of aromatic nitrogens is 3. The van der Waals surface area contributed by atoms with Gasteiger partial charge >= 0.3 is 0 Å². The average Bonchev–Trinajstić information content (AvgIpc) is 2.71. The molecule has 148 valence electrons. The summed E-state index contributed by atoms with van der Waals surface area (Å²) in [5.41, 5.74) is 2.11. The molecule has 0 aliphatic rings. The van der Waals surface area contributed by atoms with Gasteiger partial charge in [-0.2, -0.15) is 0 Å². The molecule has 0 radical (unpaired) electrons. The summed E-state index contributed by atoms with van der Waals surface area (Å²) in [5, 5.41) is 0. The lowest BCUT2D eigenvalue weighted by Gasteiger charge is -2.06. The molecule has 27 heavy (non-hydrogen) atoms. The van der Waals surface area contributed by atoms with Gasteiger partial charge in [0.2, 0.25) is 0 Å². The van der Waals surface area contributed by atoms with Crippen LogP contribution in [0.5, 0.6) is 5.75 Å². The highest BCUT2D eigenvalue weighted by Crippen LogP contribution is 2.16. The number of rotatable bonds is 14.